The fourth-order valence-electron chi connectivity index (χ4n) is 5.09. The maximum atomic E-state index is 11.5. The first-order valence-electron chi connectivity index (χ1n) is 10.5. The average Bonchev–Trinajstić information content (AvgIpc) is 3.07. The van der Waals surface area contributed by atoms with Crippen LogP contribution in [0.5, 0.6) is 5.75 Å². The lowest BCUT2D eigenvalue weighted by Crippen LogP contribution is -2.27. The Labute approximate surface area is 162 Å². The molecular weight excluding hydrogens is 332 g/mol. The van der Waals surface area contributed by atoms with Crippen LogP contribution in [0.1, 0.15) is 73.5 Å². The van der Waals surface area contributed by atoms with E-state index in [4.69, 9.17) is 4.74 Å². The molecule has 0 radical (unpaired) electrons. The Bertz CT molecular complexity index is 784. The number of rotatable bonds is 5. The standard InChI is InChI=1S/C25H30O2/c1-3-18-8-10-20(11-9-18)24-16-21-6-4-5-7-23(21)25(24)27-22-14-12-19(13-15-22)17(2)26/h4-7,12-15,18,20,24-25H,3,8-11,16H2,1-2H3/t18?,20?,24-,25+/m0/s1. The number of ether oxygens (including phenoxy) is 1. The molecule has 0 saturated heterocycles. The van der Waals surface area contributed by atoms with Crippen molar-refractivity contribution in [3.63, 3.8) is 0 Å². The van der Waals surface area contributed by atoms with E-state index in [1.807, 2.05) is 24.3 Å². The van der Waals surface area contributed by atoms with E-state index in [1.165, 1.54) is 43.2 Å². The average molecular weight is 363 g/mol. The van der Waals surface area contributed by atoms with Crippen molar-refractivity contribution in [1.82, 2.24) is 0 Å². The second kappa shape index (κ2) is 7.88. The Balaban J connectivity index is 1.55. The van der Waals surface area contributed by atoms with Gasteiger partial charge in [-0.2, -0.15) is 0 Å². The molecule has 0 N–H and O–H groups in total. The number of hydrogen-bond acceptors (Lipinski definition) is 2. The van der Waals surface area contributed by atoms with Gasteiger partial charge < -0.3 is 4.74 Å². The van der Waals surface area contributed by atoms with Crippen molar-refractivity contribution in [1.29, 1.82) is 0 Å². The first-order valence-corrected chi connectivity index (χ1v) is 10.5. The van der Waals surface area contributed by atoms with Crippen LogP contribution in [0.4, 0.5) is 0 Å². The third-order valence-corrected chi connectivity index (χ3v) is 6.80. The minimum absolute atomic E-state index is 0.0957. The molecule has 2 heteroatoms. The molecule has 1 saturated carbocycles. The predicted molar refractivity (Wildman–Crippen MR) is 109 cm³/mol. The molecule has 142 valence electrons. The third-order valence-electron chi connectivity index (χ3n) is 6.80. The lowest BCUT2D eigenvalue weighted by molar-refractivity contribution is 0.0827. The third kappa shape index (κ3) is 3.81. The number of Topliss-reactive ketones (excluding diaryl/α,β-unsaturated/α-hetero) is 1. The summed E-state index contributed by atoms with van der Waals surface area (Å²) in [5, 5.41) is 0. The molecule has 4 rings (SSSR count). The Morgan fingerprint density at radius 2 is 1.70 bits per heavy atom. The molecule has 27 heavy (non-hydrogen) atoms. The molecule has 2 aromatic carbocycles. The van der Waals surface area contributed by atoms with Gasteiger partial charge in [-0.1, -0.05) is 50.5 Å². The summed E-state index contributed by atoms with van der Waals surface area (Å²) in [6.45, 7) is 3.93. The van der Waals surface area contributed by atoms with E-state index in [0.717, 1.165) is 29.6 Å². The fraction of sp³-hybridized carbons (Fsp3) is 0.480. The molecule has 0 spiro atoms. The van der Waals surface area contributed by atoms with Crippen LogP contribution in [0.25, 0.3) is 0 Å². The molecule has 0 unspecified atom stereocenters. The summed E-state index contributed by atoms with van der Waals surface area (Å²) in [7, 11) is 0. The SMILES string of the molecule is CCC1CCC([C@@H]2Cc3ccccc3[C@H]2Oc2ccc(C(C)=O)cc2)CC1. The predicted octanol–water partition coefficient (Wildman–Crippen LogP) is 6.40. The van der Waals surface area contributed by atoms with Crippen molar-refractivity contribution in [2.24, 2.45) is 17.8 Å². The van der Waals surface area contributed by atoms with Crippen molar-refractivity contribution in [2.45, 2.75) is 58.5 Å². The molecule has 0 aliphatic heterocycles. The lowest BCUT2D eigenvalue weighted by Gasteiger charge is -2.35. The Hall–Kier alpha value is -2.09. The van der Waals surface area contributed by atoms with Gasteiger partial charge in [0.25, 0.3) is 0 Å². The maximum absolute atomic E-state index is 11.5. The highest BCUT2D eigenvalue weighted by Gasteiger charge is 2.40. The first-order chi connectivity index (χ1) is 13.2. The largest absolute Gasteiger partial charge is 0.485 e. The molecule has 1 fully saturated rings. The van der Waals surface area contributed by atoms with Crippen LogP contribution in [0.3, 0.4) is 0 Å². The van der Waals surface area contributed by atoms with Crippen LogP contribution in [-0.2, 0) is 6.42 Å². The molecule has 2 aliphatic carbocycles. The Morgan fingerprint density at radius 1 is 1.00 bits per heavy atom. The lowest BCUT2D eigenvalue weighted by atomic mass is 9.73. The van der Waals surface area contributed by atoms with Crippen LogP contribution in [0, 0.1) is 17.8 Å². The molecule has 0 heterocycles. The number of hydrogen-bond donors (Lipinski definition) is 0. The van der Waals surface area contributed by atoms with Gasteiger partial charge in [0.1, 0.15) is 11.9 Å². The number of benzene rings is 2. The quantitative estimate of drug-likeness (QED) is 0.575. The number of ketones is 1. The molecule has 0 aromatic heterocycles. The second-order valence-electron chi connectivity index (χ2n) is 8.37. The van der Waals surface area contributed by atoms with Crippen molar-refractivity contribution in [2.75, 3.05) is 0 Å². The number of fused-ring (bicyclic) bond motifs is 1. The summed E-state index contributed by atoms with van der Waals surface area (Å²) >= 11 is 0. The zero-order chi connectivity index (χ0) is 18.8. The first kappa shape index (κ1) is 18.3. The van der Waals surface area contributed by atoms with E-state index in [0.29, 0.717) is 5.92 Å². The highest BCUT2D eigenvalue weighted by Crippen LogP contribution is 2.47. The summed E-state index contributed by atoms with van der Waals surface area (Å²) in [4.78, 5) is 11.5. The molecule has 0 amide bonds. The van der Waals surface area contributed by atoms with Gasteiger partial charge in [-0.3, -0.25) is 4.79 Å². The summed E-state index contributed by atoms with van der Waals surface area (Å²) < 4.78 is 6.54. The minimum Gasteiger partial charge on any atom is -0.485 e. The van der Waals surface area contributed by atoms with Crippen LogP contribution in [-0.4, -0.2) is 5.78 Å². The zero-order valence-electron chi connectivity index (χ0n) is 16.5. The van der Waals surface area contributed by atoms with Gasteiger partial charge in [-0.05, 0) is 73.4 Å². The zero-order valence-corrected chi connectivity index (χ0v) is 16.5. The van der Waals surface area contributed by atoms with Gasteiger partial charge in [-0.25, -0.2) is 0 Å². The molecule has 2 atom stereocenters. The topological polar surface area (TPSA) is 26.3 Å². The van der Waals surface area contributed by atoms with Crippen LogP contribution < -0.4 is 4.74 Å². The number of carbonyl (C=O) groups is 1. The van der Waals surface area contributed by atoms with Gasteiger partial charge in [0.15, 0.2) is 5.78 Å². The van der Waals surface area contributed by atoms with Crippen molar-refractivity contribution < 1.29 is 9.53 Å². The summed E-state index contributed by atoms with van der Waals surface area (Å²) in [5.41, 5.74) is 3.55. The van der Waals surface area contributed by atoms with E-state index in [-0.39, 0.29) is 11.9 Å². The summed E-state index contributed by atoms with van der Waals surface area (Å²) in [5.74, 6) is 3.20. The molecule has 2 aromatic rings. The van der Waals surface area contributed by atoms with Crippen molar-refractivity contribution >= 4 is 5.78 Å². The van der Waals surface area contributed by atoms with Crippen LogP contribution >= 0.6 is 0 Å². The van der Waals surface area contributed by atoms with Gasteiger partial charge in [0, 0.05) is 11.5 Å². The van der Waals surface area contributed by atoms with E-state index in [1.54, 1.807) is 6.92 Å². The van der Waals surface area contributed by atoms with E-state index in [9.17, 15) is 4.79 Å². The smallest absolute Gasteiger partial charge is 0.159 e. The fourth-order valence-corrected chi connectivity index (χ4v) is 5.09. The van der Waals surface area contributed by atoms with E-state index >= 15 is 0 Å². The van der Waals surface area contributed by atoms with E-state index in [2.05, 4.69) is 31.2 Å². The normalized spacial score (nSPS) is 27.2. The van der Waals surface area contributed by atoms with Crippen LogP contribution in [0.2, 0.25) is 0 Å². The second-order valence-corrected chi connectivity index (χ2v) is 8.37. The minimum atomic E-state index is 0.0957. The number of carbonyl (C=O) groups excluding carboxylic acids is 1. The van der Waals surface area contributed by atoms with Gasteiger partial charge in [-0.15, -0.1) is 0 Å². The van der Waals surface area contributed by atoms with Gasteiger partial charge >= 0.3 is 0 Å². The van der Waals surface area contributed by atoms with E-state index < -0.39 is 0 Å². The van der Waals surface area contributed by atoms with Crippen molar-refractivity contribution in [3.05, 3.63) is 65.2 Å². The molecular formula is C25H30O2. The molecule has 2 nitrogen and oxygen atoms in total. The highest BCUT2D eigenvalue weighted by molar-refractivity contribution is 5.94. The maximum Gasteiger partial charge on any atom is 0.159 e. The van der Waals surface area contributed by atoms with Gasteiger partial charge in [0.05, 0.1) is 0 Å². The van der Waals surface area contributed by atoms with Crippen LogP contribution in [0.15, 0.2) is 48.5 Å². The Morgan fingerprint density at radius 3 is 2.37 bits per heavy atom. The molecule has 0 bridgehead atoms. The monoisotopic (exact) mass is 362 g/mol. The highest BCUT2D eigenvalue weighted by atomic mass is 16.5. The van der Waals surface area contributed by atoms with Crippen molar-refractivity contribution in [3.8, 4) is 5.75 Å². The summed E-state index contributed by atoms with van der Waals surface area (Å²) in [6.07, 6.45) is 7.99. The summed E-state index contributed by atoms with van der Waals surface area (Å²) in [6, 6.07) is 16.4. The molecule has 2 aliphatic rings. The van der Waals surface area contributed by atoms with Gasteiger partial charge in [0.2, 0.25) is 0 Å². The Kier molecular flexibility index (Phi) is 5.33.